The van der Waals surface area contributed by atoms with Crippen LogP contribution < -0.4 is 10.1 Å². The summed E-state index contributed by atoms with van der Waals surface area (Å²) in [5.41, 5.74) is 2.29. The second kappa shape index (κ2) is 11.8. The first-order valence-corrected chi connectivity index (χ1v) is 11.5. The SMILES string of the molecule is Cc1cc(OCC(=O)N(Cc2c(Cl)cccc2Cl)[C@H](C)C(=O)NCC(C)C)cc(C)c1Cl. The first kappa shape index (κ1) is 26.3. The minimum atomic E-state index is -0.745. The minimum absolute atomic E-state index is 0.0790. The van der Waals surface area contributed by atoms with Crippen molar-refractivity contribution in [2.75, 3.05) is 13.2 Å². The van der Waals surface area contributed by atoms with Crippen LogP contribution in [0.2, 0.25) is 15.1 Å². The van der Waals surface area contributed by atoms with E-state index in [0.29, 0.717) is 32.9 Å². The lowest BCUT2D eigenvalue weighted by Crippen LogP contribution is -2.49. The van der Waals surface area contributed by atoms with E-state index in [1.165, 1.54) is 4.90 Å². The van der Waals surface area contributed by atoms with Gasteiger partial charge in [-0.15, -0.1) is 0 Å². The summed E-state index contributed by atoms with van der Waals surface area (Å²) in [6.45, 7) is 9.77. The molecule has 1 atom stereocenters. The van der Waals surface area contributed by atoms with Gasteiger partial charge >= 0.3 is 0 Å². The van der Waals surface area contributed by atoms with Gasteiger partial charge in [-0.05, 0) is 62.1 Å². The third-order valence-electron chi connectivity index (χ3n) is 5.01. The number of carbonyl (C=O) groups is 2. The van der Waals surface area contributed by atoms with E-state index in [9.17, 15) is 9.59 Å². The van der Waals surface area contributed by atoms with E-state index in [2.05, 4.69) is 5.32 Å². The number of ether oxygens (including phenoxy) is 1. The summed E-state index contributed by atoms with van der Waals surface area (Å²) in [6, 6.07) is 7.93. The van der Waals surface area contributed by atoms with Crippen molar-refractivity contribution in [1.82, 2.24) is 10.2 Å². The number of benzene rings is 2. The molecule has 0 saturated heterocycles. The fourth-order valence-electron chi connectivity index (χ4n) is 3.11. The first-order valence-electron chi connectivity index (χ1n) is 10.4. The summed E-state index contributed by atoms with van der Waals surface area (Å²) < 4.78 is 5.74. The Balaban J connectivity index is 2.24. The number of rotatable bonds is 9. The Morgan fingerprint density at radius 2 is 1.59 bits per heavy atom. The highest BCUT2D eigenvalue weighted by Gasteiger charge is 2.28. The van der Waals surface area contributed by atoms with Crippen LogP contribution in [0.25, 0.3) is 0 Å². The van der Waals surface area contributed by atoms with Crippen molar-refractivity contribution in [2.45, 2.75) is 47.2 Å². The van der Waals surface area contributed by atoms with Gasteiger partial charge in [0, 0.05) is 33.7 Å². The van der Waals surface area contributed by atoms with Crippen LogP contribution in [-0.2, 0) is 16.1 Å². The second-order valence-electron chi connectivity index (χ2n) is 8.20. The molecule has 0 bridgehead atoms. The van der Waals surface area contributed by atoms with Crippen LogP contribution >= 0.6 is 34.8 Å². The van der Waals surface area contributed by atoms with E-state index in [1.54, 1.807) is 37.3 Å². The van der Waals surface area contributed by atoms with Gasteiger partial charge in [0.2, 0.25) is 5.91 Å². The molecule has 174 valence electrons. The zero-order chi connectivity index (χ0) is 24.0. The van der Waals surface area contributed by atoms with Gasteiger partial charge in [0.1, 0.15) is 11.8 Å². The molecule has 0 spiro atoms. The lowest BCUT2D eigenvalue weighted by Gasteiger charge is -2.29. The molecule has 0 aliphatic heterocycles. The fourth-order valence-corrected chi connectivity index (χ4v) is 3.73. The van der Waals surface area contributed by atoms with Gasteiger partial charge in [0.05, 0.1) is 0 Å². The van der Waals surface area contributed by atoms with Crippen molar-refractivity contribution in [2.24, 2.45) is 5.92 Å². The molecule has 0 fully saturated rings. The average molecular weight is 500 g/mol. The minimum Gasteiger partial charge on any atom is -0.484 e. The maximum absolute atomic E-state index is 13.2. The summed E-state index contributed by atoms with van der Waals surface area (Å²) in [4.78, 5) is 27.3. The highest BCUT2D eigenvalue weighted by Crippen LogP contribution is 2.28. The molecule has 0 unspecified atom stereocenters. The van der Waals surface area contributed by atoms with E-state index >= 15 is 0 Å². The third-order valence-corrected chi connectivity index (χ3v) is 6.32. The van der Waals surface area contributed by atoms with E-state index in [0.717, 1.165) is 11.1 Å². The lowest BCUT2D eigenvalue weighted by atomic mass is 10.1. The van der Waals surface area contributed by atoms with Crippen LogP contribution in [-0.4, -0.2) is 35.9 Å². The molecule has 32 heavy (non-hydrogen) atoms. The van der Waals surface area contributed by atoms with Gasteiger partial charge < -0.3 is 15.0 Å². The van der Waals surface area contributed by atoms with Gasteiger partial charge in [-0.25, -0.2) is 0 Å². The van der Waals surface area contributed by atoms with E-state index in [-0.39, 0.29) is 30.9 Å². The Bertz CT molecular complexity index is 936. The predicted octanol–water partition coefficient (Wildman–Crippen LogP) is 5.83. The van der Waals surface area contributed by atoms with E-state index in [4.69, 9.17) is 39.5 Å². The van der Waals surface area contributed by atoms with Crippen molar-refractivity contribution >= 4 is 46.6 Å². The maximum atomic E-state index is 13.2. The summed E-state index contributed by atoms with van der Waals surface area (Å²) in [6.07, 6.45) is 0. The Morgan fingerprint density at radius 1 is 1.03 bits per heavy atom. The smallest absolute Gasteiger partial charge is 0.261 e. The van der Waals surface area contributed by atoms with Crippen molar-refractivity contribution in [3.63, 3.8) is 0 Å². The third kappa shape index (κ3) is 7.03. The van der Waals surface area contributed by atoms with Crippen LogP contribution in [0.1, 0.15) is 37.5 Å². The first-order chi connectivity index (χ1) is 15.0. The van der Waals surface area contributed by atoms with Gasteiger partial charge in [-0.2, -0.15) is 0 Å². The van der Waals surface area contributed by atoms with Gasteiger partial charge in [-0.1, -0.05) is 54.7 Å². The predicted molar refractivity (Wildman–Crippen MR) is 131 cm³/mol. The topological polar surface area (TPSA) is 58.6 Å². The number of carbonyl (C=O) groups excluding carboxylic acids is 2. The fraction of sp³-hybridized carbons (Fsp3) is 0.417. The van der Waals surface area contributed by atoms with Crippen LogP contribution in [0, 0.1) is 19.8 Å². The Hall–Kier alpha value is -1.95. The second-order valence-corrected chi connectivity index (χ2v) is 9.39. The molecule has 2 aromatic rings. The standard InChI is InChI=1S/C24H29Cl3N2O3/c1-14(2)11-28-24(31)17(5)29(12-19-20(25)7-6-8-21(19)26)22(30)13-32-18-9-15(3)23(27)16(4)10-18/h6-10,14,17H,11-13H2,1-5H3,(H,28,31)/t17-/m1/s1. The molecule has 0 radical (unpaired) electrons. The molecule has 2 rings (SSSR count). The number of aryl methyl sites for hydroxylation is 2. The number of hydrogen-bond donors (Lipinski definition) is 1. The van der Waals surface area contributed by atoms with Crippen molar-refractivity contribution in [1.29, 1.82) is 0 Å². The molecule has 8 heteroatoms. The normalized spacial score (nSPS) is 11.9. The Morgan fingerprint density at radius 3 is 2.12 bits per heavy atom. The summed E-state index contributed by atoms with van der Waals surface area (Å²) >= 11 is 18.9. The van der Waals surface area contributed by atoms with Gasteiger partial charge in [0.25, 0.3) is 5.91 Å². The molecule has 5 nitrogen and oxygen atoms in total. The molecular formula is C24H29Cl3N2O3. The van der Waals surface area contributed by atoms with Crippen LogP contribution in [0.5, 0.6) is 5.75 Å². The zero-order valence-corrected chi connectivity index (χ0v) is 21.2. The highest BCUT2D eigenvalue weighted by atomic mass is 35.5. The van der Waals surface area contributed by atoms with Crippen LogP contribution in [0.4, 0.5) is 0 Å². The summed E-state index contributed by atoms with van der Waals surface area (Å²) in [5.74, 6) is 0.199. The highest BCUT2D eigenvalue weighted by molar-refractivity contribution is 6.36. The number of amides is 2. The van der Waals surface area contributed by atoms with Crippen molar-refractivity contribution < 1.29 is 14.3 Å². The summed E-state index contributed by atoms with van der Waals surface area (Å²) in [5, 5.41) is 4.39. The van der Waals surface area contributed by atoms with Crippen molar-refractivity contribution in [3.8, 4) is 5.75 Å². The van der Waals surface area contributed by atoms with Gasteiger partial charge in [0.15, 0.2) is 6.61 Å². The zero-order valence-electron chi connectivity index (χ0n) is 19.0. The molecule has 0 saturated carbocycles. The molecule has 0 aliphatic rings. The molecule has 2 aromatic carbocycles. The van der Waals surface area contributed by atoms with Gasteiger partial charge in [-0.3, -0.25) is 9.59 Å². The Labute approximate surface area is 205 Å². The lowest BCUT2D eigenvalue weighted by molar-refractivity contribution is -0.142. The van der Waals surface area contributed by atoms with E-state index in [1.807, 2.05) is 27.7 Å². The Kier molecular flexibility index (Phi) is 9.68. The number of hydrogen-bond acceptors (Lipinski definition) is 3. The summed E-state index contributed by atoms with van der Waals surface area (Å²) in [7, 11) is 0. The quantitative estimate of drug-likeness (QED) is 0.472. The molecule has 2 amide bonds. The molecule has 0 heterocycles. The largest absolute Gasteiger partial charge is 0.484 e. The average Bonchev–Trinajstić information content (AvgIpc) is 2.73. The van der Waals surface area contributed by atoms with Crippen LogP contribution in [0.15, 0.2) is 30.3 Å². The molecule has 0 aromatic heterocycles. The monoisotopic (exact) mass is 498 g/mol. The van der Waals surface area contributed by atoms with Crippen molar-refractivity contribution in [3.05, 3.63) is 62.1 Å². The number of halogens is 3. The molecule has 0 aliphatic carbocycles. The van der Waals surface area contributed by atoms with Crippen LogP contribution in [0.3, 0.4) is 0 Å². The number of nitrogens with zero attached hydrogens (tertiary/aromatic N) is 1. The molecular weight excluding hydrogens is 471 g/mol. The number of nitrogens with one attached hydrogen (secondary N) is 1. The maximum Gasteiger partial charge on any atom is 0.261 e. The molecule has 1 N–H and O–H groups in total. The van der Waals surface area contributed by atoms with E-state index < -0.39 is 6.04 Å².